The minimum atomic E-state index is -1.12. The molecule has 2 unspecified atom stereocenters. The Morgan fingerprint density at radius 1 is 1.58 bits per heavy atom. The molecular formula is C14H23N7O3S2. The fraction of sp³-hybridized carbons (Fsp3) is 0.643. The number of rotatable bonds is 5. The van der Waals surface area contributed by atoms with Crippen molar-refractivity contribution in [1.29, 1.82) is 0 Å². The van der Waals surface area contributed by atoms with E-state index in [0.29, 0.717) is 17.5 Å². The highest BCUT2D eigenvalue weighted by Crippen LogP contribution is 2.42. The van der Waals surface area contributed by atoms with Crippen LogP contribution in [0.2, 0.25) is 0 Å². The van der Waals surface area contributed by atoms with Crippen molar-refractivity contribution in [2.24, 2.45) is 11.1 Å². The van der Waals surface area contributed by atoms with Gasteiger partial charge >= 0.3 is 5.97 Å². The first-order valence-corrected chi connectivity index (χ1v) is 9.93. The molecule has 2 saturated heterocycles. The summed E-state index contributed by atoms with van der Waals surface area (Å²) in [6.07, 6.45) is 1.62. The zero-order valence-electron chi connectivity index (χ0n) is 14.8. The van der Waals surface area contributed by atoms with Crippen molar-refractivity contribution in [1.82, 2.24) is 30.4 Å². The van der Waals surface area contributed by atoms with E-state index in [4.69, 9.17) is 5.73 Å². The van der Waals surface area contributed by atoms with Gasteiger partial charge in [-0.1, -0.05) is 17.8 Å². The van der Waals surface area contributed by atoms with Crippen LogP contribution in [0, 0.1) is 5.41 Å². The number of β-lactam (4-membered cyclic amide) rings is 1. The molecule has 1 aromatic rings. The van der Waals surface area contributed by atoms with Gasteiger partial charge in [-0.3, -0.25) is 9.59 Å². The number of nitrogens with zero attached hydrogens (tertiary/aromatic N) is 5. The Morgan fingerprint density at radius 2 is 2.27 bits per heavy atom. The molecule has 2 fully saturated rings. The number of aromatic nitrogens is 4. The van der Waals surface area contributed by atoms with Gasteiger partial charge in [0, 0.05) is 18.8 Å². The maximum Gasteiger partial charge on any atom is 0.316 e. The number of carboxylic acids is 1. The van der Waals surface area contributed by atoms with Crippen LogP contribution in [0.15, 0.2) is 16.6 Å². The van der Waals surface area contributed by atoms with Gasteiger partial charge in [0.2, 0.25) is 11.1 Å². The average molecular weight is 402 g/mol. The van der Waals surface area contributed by atoms with Crippen LogP contribution in [0.1, 0.15) is 6.92 Å². The number of carboxylic acid groups (broad SMARTS) is 1. The van der Waals surface area contributed by atoms with Crippen molar-refractivity contribution in [2.45, 2.75) is 30.0 Å². The van der Waals surface area contributed by atoms with Gasteiger partial charge in [-0.05, 0) is 36.9 Å². The van der Waals surface area contributed by atoms with Crippen LogP contribution in [0.25, 0.3) is 0 Å². The topological polar surface area (TPSA) is 139 Å². The molecule has 0 aliphatic carbocycles. The second kappa shape index (κ2) is 8.84. The van der Waals surface area contributed by atoms with E-state index in [2.05, 4.69) is 20.8 Å². The molecule has 2 aliphatic heterocycles. The number of fused-ring (bicyclic) bond motifs is 1. The van der Waals surface area contributed by atoms with E-state index >= 15 is 0 Å². The maximum atomic E-state index is 11.8. The molecular weight excluding hydrogens is 378 g/mol. The number of hydrogen-bond donors (Lipinski definition) is 3. The van der Waals surface area contributed by atoms with Gasteiger partial charge in [-0.25, -0.2) is 4.68 Å². The average Bonchev–Trinajstić information content (AvgIpc) is 3.09. The van der Waals surface area contributed by atoms with Crippen LogP contribution >= 0.6 is 23.5 Å². The number of amides is 1. The summed E-state index contributed by atoms with van der Waals surface area (Å²) in [5, 5.41) is 25.8. The van der Waals surface area contributed by atoms with Crippen LogP contribution < -0.4 is 11.1 Å². The molecule has 12 heteroatoms. The summed E-state index contributed by atoms with van der Waals surface area (Å²) in [5.74, 6) is -0.771. The van der Waals surface area contributed by atoms with Gasteiger partial charge in [0.05, 0.1) is 0 Å². The van der Waals surface area contributed by atoms with E-state index in [0.717, 1.165) is 0 Å². The number of carbonyl (C=O) groups excluding carboxylic acids is 1. The molecule has 3 atom stereocenters. The number of carbonyl (C=O) groups is 2. The Labute approximate surface area is 159 Å². The highest BCUT2D eigenvalue weighted by Gasteiger charge is 2.54. The lowest BCUT2D eigenvalue weighted by atomic mass is 9.87. The fourth-order valence-corrected chi connectivity index (χ4v) is 4.78. The zero-order chi connectivity index (χ0) is 19.3. The fourth-order valence-electron chi connectivity index (χ4n) is 2.50. The Balaban J connectivity index is 0.000000758. The Hall–Kier alpha value is -1.63. The van der Waals surface area contributed by atoms with Gasteiger partial charge in [-0.15, -0.1) is 16.9 Å². The van der Waals surface area contributed by atoms with Crippen molar-refractivity contribution in [3.63, 3.8) is 0 Å². The molecule has 0 bridgehead atoms. The van der Waals surface area contributed by atoms with Crippen LogP contribution in [-0.2, 0) is 16.1 Å². The smallest absolute Gasteiger partial charge is 0.316 e. The minimum Gasteiger partial charge on any atom is -0.481 e. The first-order chi connectivity index (χ1) is 12.4. The molecule has 3 rings (SSSR count). The molecule has 0 saturated carbocycles. The van der Waals surface area contributed by atoms with E-state index in [-0.39, 0.29) is 17.8 Å². The first-order valence-electron chi connectivity index (χ1n) is 8.00. The highest BCUT2D eigenvalue weighted by atomic mass is 32.2. The molecule has 0 radical (unpaired) electrons. The van der Waals surface area contributed by atoms with Gasteiger partial charge < -0.3 is 21.1 Å². The molecule has 0 aromatic carbocycles. The third-order valence-corrected chi connectivity index (χ3v) is 6.28. The van der Waals surface area contributed by atoms with Crippen LogP contribution in [0.4, 0.5) is 0 Å². The minimum absolute atomic E-state index is 0.108. The number of aryl methyl sites for hydroxylation is 1. The summed E-state index contributed by atoms with van der Waals surface area (Å²) >= 11 is 2.66. The molecule has 3 heterocycles. The van der Waals surface area contributed by atoms with Gasteiger partial charge in [0.25, 0.3) is 0 Å². The molecule has 2 aliphatic rings. The largest absolute Gasteiger partial charge is 0.481 e. The normalized spacial score (nSPS) is 27.5. The predicted molar refractivity (Wildman–Crippen MR) is 99.5 cm³/mol. The van der Waals surface area contributed by atoms with E-state index in [1.807, 2.05) is 21.0 Å². The molecule has 0 spiro atoms. The number of tetrazole rings is 1. The summed E-state index contributed by atoms with van der Waals surface area (Å²) in [6.45, 7) is 2.69. The maximum absolute atomic E-state index is 11.8. The molecule has 10 nitrogen and oxygen atoms in total. The van der Waals surface area contributed by atoms with Crippen molar-refractivity contribution in [3.8, 4) is 0 Å². The summed E-state index contributed by atoms with van der Waals surface area (Å²) in [6, 6.07) is -0.515. The number of aliphatic carboxylic acids is 1. The first kappa shape index (κ1) is 20.7. The third kappa shape index (κ3) is 4.03. The summed E-state index contributed by atoms with van der Waals surface area (Å²) in [7, 11) is 3.75. The lowest BCUT2D eigenvalue weighted by molar-refractivity contribution is -0.153. The summed E-state index contributed by atoms with van der Waals surface area (Å²) < 4.78 is 1.62. The van der Waals surface area contributed by atoms with E-state index < -0.39 is 17.4 Å². The number of nitrogens with one attached hydrogen (secondary N) is 1. The molecule has 26 heavy (non-hydrogen) atoms. The van der Waals surface area contributed by atoms with Gasteiger partial charge in [-0.2, -0.15) is 0 Å². The lowest BCUT2D eigenvalue weighted by Gasteiger charge is -2.52. The predicted octanol–water partition coefficient (Wildman–Crippen LogP) is -0.552. The van der Waals surface area contributed by atoms with Crippen LogP contribution in [-0.4, -0.2) is 79.9 Å². The summed E-state index contributed by atoms with van der Waals surface area (Å²) in [5.41, 5.74) is 4.61. The van der Waals surface area contributed by atoms with Crippen molar-refractivity contribution < 1.29 is 14.7 Å². The number of thioether (sulfide) groups is 2. The number of nitrogens with two attached hydrogens (primary N) is 1. The third-order valence-electron chi connectivity index (χ3n) is 3.93. The Kier molecular flexibility index (Phi) is 7.03. The molecule has 4 N–H and O–H groups in total. The van der Waals surface area contributed by atoms with Gasteiger partial charge in [0.1, 0.15) is 16.8 Å². The zero-order valence-corrected chi connectivity index (χ0v) is 16.5. The summed E-state index contributed by atoms with van der Waals surface area (Å²) in [4.78, 5) is 25.1. The number of hydrogen-bond acceptors (Lipinski definition) is 9. The van der Waals surface area contributed by atoms with Crippen LogP contribution in [0.5, 0.6) is 0 Å². The van der Waals surface area contributed by atoms with Gasteiger partial charge in [0.15, 0.2) is 0 Å². The van der Waals surface area contributed by atoms with Crippen LogP contribution in [0.3, 0.4) is 0 Å². The molecule has 1 amide bonds. The van der Waals surface area contributed by atoms with Crippen molar-refractivity contribution in [3.05, 3.63) is 11.5 Å². The van der Waals surface area contributed by atoms with Crippen molar-refractivity contribution in [2.75, 3.05) is 26.4 Å². The van der Waals surface area contributed by atoms with Crippen molar-refractivity contribution >= 4 is 35.4 Å². The SMILES string of the molecule is CCn1nnnc1SC=CC1(C(=O)O)CS[C@@H]2C(N)C(=O)N2C1.CNC. The lowest BCUT2D eigenvalue weighted by Crippen LogP contribution is -2.71. The van der Waals surface area contributed by atoms with E-state index in [9.17, 15) is 14.7 Å². The van der Waals surface area contributed by atoms with E-state index in [1.165, 1.54) is 28.4 Å². The second-order valence-corrected chi connectivity index (χ2v) is 7.83. The standard InChI is InChI=1S/C12H16N6O3S2.C2H7N/c1-2-18-11(14-15-16-18)22-4-3-12(10(20)21)5-17-8(19)7(13)9(17)23-6-12;1-3-2/h3-4,7,9H,2,5-6,13H2,1H3,(H,20,21);3H,1-2H3/t7?,9-,12?;/m1./s1. The second-order valence-electron chi connectivity index (χ2n) is 5.85. The monoisotopic (exact) mass is 401 g/mol. The molecule has 1 aromatic heterocycles. The van der Waals surface area contributed by atoms with E-state index in [1.54, 1.807) is 16.2 Å². The Bertz CT molecular complexity index is 683. The Morgan fingerprint density at radius 3 is 2.88 bits per heavy atom. The molecule has 144 valence electrons. The highest BCUT2D eigenvalue weighted by molar-refractivity contribution is 8.02. The quantitative estimate of drug-likeness (QED) is 0.435.